The Kier molecular flexibility index (Phi) is 2.83. The molecule has 0 saturated carbocycles. The maximum Gasteiger partial charge on any atom is 0.356 e. The van der Waals surface area contributed by atoms with Crippen LogP contribution < -0.4 is 5.73 Å². The summed E-state index contributed by atoms with van der Waals surface area (Å²) in [5.41, 5.74) is 3.79. The zero-order valence-corrected chi connectivity index (χ0v) is 9.52. The number of primary amides is 1. The monoisotopic (exact) mass is 265 g/mol. The Labute approximate surface area is 104 Å². The third-order valence-electron chi connectivity index (χ3n) is 2.22. The van der Waals surface area contributed by atoms with Crippen LogP contribution in [0.3, 0.4) is 0 Å². The van der Waals surface area contributed by atoms with E-state index in [-0.39, 0.29) is 17.0 Å². The lowest BCUT2D eigenvalue weighted by Gasteiger charge is -2.03. The van der Waals surface area contributed by atoms with Crippen LogP contribution in [0.1, 0.15) is 31.5 Å². The van der Waals surface area contributed by atoms with E-state index >= 15 is 0 Å². The zero-order valence-electron chi connectivity index (χ0n) is 9.52. The second-order valence-corrected chi connectivity index (χ2v) is 3.36. The number of esters is 1. The van der Waals surface area contributed by atoms with Crippen LogP contribution in [0.4, 0.5) is 0 Å². The van der Waals surface area contributed by atoms with Gasteiger partial charge in [0, 0.05) is 6.07 Å². The smallest absolute Gasteiger partial charge is 0.356 e. The maximum absolute atomic E-state index is 11.5. The molecule has 0 radical (unpaired) electrons. The highest BCUT2D eigenvalue weighted by Gasteiger charge is 2.22. The zero-order chi connectivity index (χ0) is 14.2. The highest BCUT2D eigenvalue weighted by Crippen LogP contribution is 2.11. The summed E-state index contributed by atoms with van der Waals surface area (Å²) in [6, 6.07) is 0.959. The van der Waals surface area contributed by atoms with Gasteiger partial charge in [0.25, 0.3) is 5.91 Å². The van der Waals surface area contributed by atoms with Crippen LogP contribution in [-0.4, -0.2) is 49.9 Å². The van der Waals surface area contributed by atoms with Gasteiger partial charge in [-0.2, -0.15) is 4.52 Å². The number of carbonyl (C=O) groups excluding carboxylic acids is 2. The van der Waals surface area contributed by atoms with Crippen LogP contribution in [0.2, 0.25) is 0 Å². The first-order valence-electron chi connectivity index (χ1n) is 4.83. The molecule has 10 nitrogen and oxygen atoms in total. The number of aromatic carboxylic acids is 1. The highest BCUT2D eigenvalue weighted by atomic mass is 16.5. The number of fused-ring (bicyclic) bond motifs is 1. The van der Waals surface area contributed by atoms with Crippen molar-refractivity contribution < 1.29 is 24.2 Å². The number of carbonyl (C=O) groups is 3. The first-order valence-corrected chi connectivity index (χ1v) is 4.83. The van der Waals surface area contributed by atoms with Crippen molar-refractivity contribution in [2.45, 2.75) is 0 Å². The van der Waals surface area contributed by atoms with E-state index < -0.39 is 23.5 Å². The van der Waals surface area contributed by atoms with E-state index in [9.17, 15) is 14.4 Å². The number of aromatic nitrogens is 4. The maximum atomic E-state index is 11.5. The van der Waals surface area contributed by atoms with Gasteiger partial charge in [0.2, 0.25) is 0 Å². The minimum absolute atomic E-state index is 0.229. The van der Waals surface area contributed by atoms with Gasteiger partial charge >= 0.3 is 11.9 Å². The average Bonchev–Trinajstić information content (AvgIpc) is 2.80. The molecule has 0 unspecified atom stereocenters. The van der Waals surface area contributed by atoms with E-state index in [0.29, 0.717) is 0 Å². The molecule has 2 heterocycles. The summed E-state index contributed by atoms with van der Waals surface area (Å²) in [5.74, 6) is -3.18. The van der Waals surface area contributed by atoms with Gasteiger partial charge < -0.3 is 15.6 Å². The molecule has 2 rings (SSSR count). The van der Waals surface area contributed by atoms with Gasteiger partial charge in [0.15, 0.2) is 22.7 Å². The van der Waals surface area contributed by atoms with Crippen LogP contribution in [0.25, 0.3) is 5.65 Å². The topological polar surface area (TPSA) is 150 Å². The number of hydrogen-bond donors (Lipinski definition) is 2. The van der Waals surface area contributed by atoms with E-state index in [1.54, 1.807) is 0 Å². The van der Waals surface area contributed by atoms with Crippen molar-refractivity contribution in [3.63, 3.8) is 0 Å². The second kappa shape index (κ2) is 4.33. The van der Waals surface area contributed by atoms with Crippen molar-refractivity contribution in [2.24, 2.45) is 5.73 Å². The minimum Gasteiger partial charge on any atom is -0.477 e. The minimum atomic E-state index is -1.38. The van der Waals surface area contributed by atoms with E-state index in [0.717, 1.165) is 17.7 Å². The van der Waals surface area contributed by atoms with Crippen molar-refractivity contribution in [3.05, 3.63) is 23.1 Å². The van der Waals surface area contributed by atoms with E-state index in [1.165, 1.54) is 0 Å². The Hall–Kier alpha value is -3.04. The summed E-state index contributed by atoms with van der Waals surface area (Å²) in [6.45, 7) is 0. The molecule has 0 aliphatic rings. The molecule has 0 bridgehead atoms. The Bertz CT molecular complexity index is 706. The summed E-state index contributed by atoms with van der Waals surface area (Å²) < 4.78 is 5.37. The summed E-state index contributed by atoms with van der Waals surface area (Å²) >= 11 is 0. The van der Waals surface area contributed by atoms with Crippen molar-refractivity contribution in [2.75, 3.05) is 7.11 Å². The number of rotatable bonds is 3. The van der Waals surface area contributed by atoms with Gasteiger partial charge in [-0.1, -0.05) is 5.21 Å². The molecule has 0 fully saturated rings. The van der Waals surface area contributed by atoms with Crippen LogP contribution >= 0.6 is 0 Å². The van der Waals surface area contributed by atoms with Crippen molar-refractivity contribution in [1.82, 2.24) is 19.8 Å². The summed E-state index contributed by atoms with van der Waals surface area (Å²) in [4.78, 5) is 37.2. The number of ether oxygens (including phenoxy) is 1. The standard InChI is InChI=1S/C9H7N5O5/c1-19-9(18)4-2-3(8(16)17)11-7-5(6(10)15)12-13-14(4)7/h2H,1H3,(H2,10,15)(H,16,17). The molecule has 0 aromatic carbocycles. The first kappa shape index (κ1) is 12.4. The van der Waals surface area contributed by atoms with Gasteiger partial charge in [-0.15, -0.1) is 5.10 Å². The summed E-state index contributed by atoms with van der Waals surface area (Å²) in [5, 5.41) is 15.9. The third-order valence-corrected chi connectivity index (χ3v) is 2.22. The molecule has 0 atom stereocenters. The predicted octanol–water partition coefficient (Wildman–Crippen LogP) is -1.29. The molecule has 0 spiro atoms. The normalized spacial score (nSPS) is 10.4. The first-order chi connectivity index (χ1) is 8.95. The summed E-state index contributed by atoms with van der Waals surface area (Å²) in [7, 11) is 1.11. The fourth-order valence-corrected chi connectivity index (χ4v) is 1.40. The van der Waals surface area contributed by atoms with Crippen LogP contribution in [0.15, 0.2) is 6.07 Å². The Balaban J connectivity index is 2.83. The SMILES string of the molecule is COC(=O)c1cc(C(=O)O)nc2c(C(N)=O)nnn12. The average molecular weight is 265 g/mol. The van der Waals surface area contributed by atoms with Gasteiger partial charge in [-0.25, -0.2) is 14.6 Å². The van der Waals surface area contributed by atoms with Gasteiger partial charge in [0.05, 0.1) is 7.11 Å². The molecule has 98 valence electrons. The summed E-state index contributed by atoms with van der Waals surface area (Å²) in [6.07, 6.45) is 0. The van der Waals surface area contributed by atoms with Gasteiger partial charge in [0.1, 0.15) is 0 Å². The van der Waals surface area contributed by atoms with Gasteiger partial charge in [-0.3, -0.25) is 4.79 Å². The lowest BCUT2D eigenvalue weighted by molar-refractivity contribution is 0.0590. The molecule has 0 aliphatic heterocycles. The van der Waals surface area contributed by atoms with Crippen LogP contribution in [-0.2, 0) is 4.74 Å². The molecule has 1 amide bonds. The van der Waals surface area contributed by atoms with Crippen molar-refractivity contribution >= 4 is 23.5 Å². The Morgan fingerprint density at radius 2 is 2.11 bits per heavy atom. The number of carboxylic acids is 1. The van der Waals surface area contributed by atoms with Crippen molar-refractivity contribution in [3.8, 4) is 0 Å². The van der Waals surface area contributed by atoms with Crippen LogP contribution in [0.5, 0.6) is 0 Å². The number of methoxy groups -OCH3 is 1. The Morgan fingerprint density at radius 3 is 2.63 bits per heavy atom. The lowest BCUT2D eigenvalue weighted by Crippen LogP contribution is -2.16. The molecular weight excluding hydrogens is 258 g/mol. The molecule has 10 heteroatoms. The number of hydrogen-bond acceptors (Lipinski definition) is 7. The fraction of sp³-hybridized carbons (Fsp3) is 0.111. The van der Waals surface area contributed by atoms with E-state index in [4.69, 9.17) is 10.8 Å². The van der Waals surface area contributed by atoms with Crippen molar-refractivity contribution in [1.29, 1.82) is 0 Å². The fourth-order valence-electron chi connectivity index (χ4n) is 1.40. The molecule has 0 saturated heterocycles. The largest absolute Gasteiger partial charge is 0.477 e. The molecule has 2 aromatic heterocycles. The van der Waals surface area contributed by atoms with Gasteiger partial charge in [-0.05, 0) is 0 Å². The number of amides is 1. The molecule has 3 N–H and O–H groups in total. The quantitative estimate of drug-likeness (QED) is 0.650. The molecule has 19 heavy (non-hydrogen) atoms. The third kappa shape index (κ3) is 1.94. The number of carboxylic acid groups (broad SMARTS) is 1. The number of nitrogens with two attached hydrogens (primary N) is 1. The highest BCUT2D eigenvalue weighted by molar-refractivity contribution is 5.99. The molecular formula is C9H7N5O5. The van der Waals surface area contributed by atoms with E-state index in [2.05, 4.69) is 20.0 Å². The Morgan fingerprint density at radius 1 is 1.42 bits per heavy atom. The van der Waals surface area contributed by atoms with E-state index in [1.807, 2.05) is 0 Å². The molecule has 2 aromatic rings. The van der Waals surface area contributed by atoms with Crippen LogP contribution in [0, 0.1) is 0 Å². The number of nitrogens with zero attached hydrogens (tertiary/aromatic N) is 4. The predicted molar refractivity (Wildman–Crippen MR) is 57.6 cm³/mol. The molecule has 0 aliphatic carbocycles. The second-order valence-electron chi connectivity index (χ2n) is 3.36. The lowest BCUT2D eigenvalue weighted by atomic mass is 10.3.